The summed E-state index contributed by atoms with van der Waals surface area (Å²) in [5.41, 5.74) is 0. The predicted octanol–water partition coefficient (Wildman–Crippen LogP) is 4.06. The van der Waals surface area contributed by atoms with Crippen molar-refractivity contribution in [1.29, 1.82) is 0 Å². The second-order valence-electron chi connectivity index (χ2n) is 3.95. The molecule has 0 amide bonds. The molecule has 0 rings (SSSR count). The Hall–Kier alpha value is -0.790. The molecule has 0 fully saturated rings. The number of carbonyl (C=O) groups excluding carboxylic acids is 1. The van der Waals surface area contributed by atoms with Crippen molar-refractivity contribution in [1.82, 2.24) is 0 Å². The van der Waals surface area contributed by atoms with Crippen LogP contribution in [0, 0.1) is 6.42 Å². The maximum atomic E-state index is 10.7. The van der Waals surface area contributed by atoms with E-state index in [1.807, 2.05) is 6.08 Å². The molecule has 0 atom stereocenters. The van der Waals surface area contributed by atoms with Crippen LogP contribution in [0.25, 0.3) is 0 Å². The molecule has 0 bridgehead atoms. The standard InChI is InChI=1S/C14H25O2/c1-3-5-6-7-8-9-10-11-12-13-16-14(15)4-2/h4,11-12H,3,5-10,13H2,1-2H3/b12-11+. The Labute approximate surface area is 100 Å². The van der Waals surface area contributed by atoms with Crippen LogP contribution in [0.2, 0.25) is 0 Å². The zero-order valence-corrected chi connectivity index (χ0v) is 10.7. The number of rotatable bonds is 10. The number of esters is 1. The molecule has 2 nitrogen and oxygen atoms in total. The van der Waals surface area contributed by atoms with Gasteiger partial charge in [0, 0.05) is 0 Å². The van der Waals surface area contributed by atoms with Crippen molar-refractivity contribution in [3.05, 3.63) is 18.6 Å². The van der Waals surface area contributed by atoms with Crippen LogP contribution < -0.4 is 0 Å². The van der Waals surface area contributed by atoms with Gasteiger partial charge in [0.05, 0.1) is 6.42 Å². The van der Waals surface area contributed by atoms with Crippen molar-refractivity contribution < 1.29 is 9.53 Å². The summed E-state index contributed by atoms with van der Waals surface area (Å²) in [7, 11) is 0. The fraction of sp³-hybridized carbons (Fsp3) is 0.714. The van der Waals surface area contributed by atoms with Crippen molar-refractivity contribution >= 4 is 5.97 Å². The summed E-state index contributed by atoms with van der Waals surface area (Å²) in [4.78, 5) is 10.7. The lowest BCUT2D eigenvalue weighted by molar-refractivity contribution is -0.138. The van der Waals surface area contributed by atoms with E-state index in [1.165, 1.54) is 44.9 Å². The van der Waals surface area contributed by atoms with Gasteiger partial charge < -0.3 is 4.74 Å². The molecule has 0 aliphatic carbocycles. The van der Waals surface area contributed by atoms with Crippen molar-refractivity contribution in [2.24, 2.45) is 0 Å². The van der Waals surface area contributed by atoms with E-state index in [0.717, 1.165) is 6.42 Å². The van der Waals surface area contributed by atoms with Gasteiger partial charge in [0.2, 0.25) is 0 Å². The first-order chi connectivity index (χ1) is 7.81. The highest BCUT2D eigenvalue weighted by molar-refractivity contribution is 5.78. The Balaban J connectivity index is 3.12. The number of carbonyl (C=O) groups is 1. The molecule has 16 heavy (non-hydrogen) atoms. The second-order valence-corrected chi connectivity index (χ2v) is 3.95. The van der Waals surface area contributed by atoms with Gasteiger partial charge in [-0.3, -0.25) is 4.79 Å². The minimum absolute atomic E-state index is 0.246. The highest BCUT2D eigenvalue weighted by atomic mass is 16.5. The van der Waals surface area contributed by atoms with Gasteiger partial charge in [0.25, 0.3) is 0 Å². The molecule has 0 aromatic carbocycles. The van der Waals surface area contributed by atoms with Crippen molar-refractivity contribution in [3.8, 4) is 0 Å². The Morgan fingerprint density at radius 3 is 2.44 bits per heavy atom. The first-order valence-corrected chi connectivity index (χ1v) is 6.42. The first kappa shape index (κ1) is 15.2. The van der Waals surface area contributed by atoms with Crippen molar-refractivity contribution in [2.45, 2.75) is 58.8 Å². The molecule has 0 unspecified atom stereocenters. The average Bonchev–Trinajstić information content (AvgIpc) is 2.31. The molecule has 0 heterocycles. The van der Waals surface area contributed by atoms with E-state index in [4.69, 9.17) is 4.74 Å². The molecular weight excluding hydrogens is 200 g/mol. The molecule has 2 heteroatoms. The van der Waals surface area contributed by atoms with Gasteiger partial charge in [0.1, 0.15) is 6.61 Å². The van der Waals surface area contributed by atoms with Crippen LogP contribution in [0.5, 0.6) is 0 Å². The van der Waals surface area contributed by atoms with Crippen LogP contribution in [0.4, 0.5) is 0 Å². The van der Waals surface area contributed by atoms with Crippen molar-refractivity contribution in [2.75, 3.05) is 6.61 Å². The smallest absolute Gasteiger partial charge is 0.309 e. The van der Waals surface area contributed by atoms with Crippen LogP contribution in [0.15, 0.2) is 12.2 Å². The Morgan fingerprint density at radius 2 is 1.75 bits per heavy atom. The third-order valence-electron chi connectivity index (χ3n) is 2.45. The highest BCUT2D eigenvalue weighted by Gasteiger charge is 1.94. The summed E-state index contributed by atoms with van der Waals surface area (Å²) < 4.78 is 4.87. The first-order valence-electron chi connectivity index (χ1n) is 6.42. The lowest BCUT2D eigenvalue weighted by atomic mass is 10.1. The largest absolute Gasteiger partial charge is 0.461 e. The fourth-order valence-corrected chi connectivity index (χ4v) is 1.44. The van der Waals surface area contributed by atoms with E-state index in [2.05, 4.69) is 13.0 Å². The molecule has 0 aliphatic heterocycles. The van der Waals surface area contributed by atoms with Gasteiger partial charge in [-0.2, -0.15) is 0 Å². The molecule has 93 valence electrons. The van der Waals surface area contributed by atoms with E-state index in [0.29, 0.717) is 6.61 Å². The van der Waals surface area contributed by atoms with E-state index >= 15 is 0 Å². The van der Waals surface area contributed by atoms with E-state index < -0.39 is 0 Å². The third-order valence-corrected chi connectivity index (χ3v) is 2.45. The number of hydrogen-bond acceptors (Lipinski definition) is 2. The van der Waals surface area contributed by atoms with E-state index in [-0.39, 0.29) is 5.97 Å². The Bertz CT molecular complexity index is 185. The lowest BCUT2D eigenvalue weighted by Gasteiger charge is -1.98. The number of allylic oxidation sites excluding steroid dienone is 1. The SMILES string of the molecule is C[CH]C(=O)OC/C=C/CCCCCCCC. The minimum Gasteiger partial charge on any atom is -0.461 e. The van der Waals surface area contributed by atoms with Gasteiger partial charge in [0.15, 0.2) is 0 Å². The Morgan fingerprint density at radius 1 is 1.06 bits per heavy atom. The quantitative estimate of drug-likeness (QED) is 0.318. The molecule has 0 aromatic rings. The summed E-state index contributed by atoms with van der Waals surface area (Å²) >= 11 is 0. The molecule has 0 aliphatic rings. The monoisotopic (exact) mass is 225 g/mol. The van der Waals surface area contributed by atoms with Crippen LogP contribution in [0.1, 0.15) is 58.8 Å². The van der Waals surface area contributed by atoms with Gasteiger partial charge in [-0.25, -0.2) is 0 Å². The van der Waals surface area contributed by atoms with Crippen LogP contribution in [0.3, 0.4) is 0 Å². The molecule has 0 saturated heterocycles. The summed E-state index contributed by atoms with van der Waals surface area (Å²) in [6.07, 6.45) is 14.5. The molecular formula is C14H25O2. The zero-order valence-electron chi connectivity index (χ0n) is 10.7. The highest BCUT2D eigenvalue weighted by Crippen LogP contribution is 2.06. The zero-order chi connectivity index (χ0) is 12.1. The number of hydrogen-bond donors (Lipinski definition) is 0. The summed E-state index contributed by atoms with van der Waals surface area (Å²) in [6, 6.07) is 0. The average molecular weight is 225 g/mol. The summed E-state index contributed by atoms with van der Waals surface area (Å²) in [6.45, 7) is 4.32. The third kappa shape index (κ3) is 11.3. The topological polar surface area (TPSA) is 26.3 Å². The van der Waals surface area contributed by atoms with Crippen LogP contribution in [-0.4, -0.2) is 12.6 Å². The van der Waals surface area contributed by atoms with Gasteiger partial charge in [-0.1, -0.05) is 58.1 Å². The van der Waals surface area contributed by atoms with E-state index in [1.54, 1.807) is 6.92 Å². The number of unbranched alkanes of at least 4 members (excludes halogenated alkanes) is 6. The van der Waals surface area contributed by atoms with Crippen LogP contribution in [-0.2, 0) is 9.53 Å². The summed E-state index contributed by atoms with van der Waals surface area (Å²) in [5, 5.41) is 0. The van der Waals surface area contributed by atoms with E-state index in [9.17, 15) is 4.79 Å². The molecule has 1 radical (unpaired) electrons. The second kappa shape index (κ2) is 12.3. The maximum absolute atomic E-state index is 10.7. The molecule has 0 spiro atoms. The molecule has 0 aromatic heterocycles. The maximum Gasteiger partial charge on any atom is 0.309 e. The molecule has 0 saturated carbocycles. The minimum atomic E-state index is -0.246. The van der Waals surface area contributed by atoms with Crippen molar-refractivity contribution in [3.63, 3.8) is 0 Å². The Kier molecular flexibility index (Phi) is 11.7. The summed E-state index contributed by atoms with van der Waals surface area (Å²) in [5.74, 6) is -0.246. The van der Waals surface area contributed by atoms with Gasteiger partial charge in [-0.05, 0) is 12.8 Å². The number of ether oxygens (including phenoxy) is 1. The predicted molar refractivity (Wildman–Crippen MR) is 68.1 cm³/mol. The normalized spacial score (nSPS) is 10.9. The molecule has 0 N–H and O–H groups in total. The fourth-order valence-electron chi connectivity index (χ4n) is 1.44. The van der Waals surface area contributed by atoms with Crippen LogP contribution >= 0.6 is 0 Å². The lowest BCUT2D eigenvalue weighted by Crippen LogP contribution is -2.02. The van der Waals surface area contributed by atoms with Gasteiger partial charge in [-0.15, -0.1) is 0 Å². The van der Waals surface area contributed by atoms with Gasteiger partial charge >= 0.3 is 5.97 Å².